The van der Waals surface area contributed by atoms with Gasteiger partial charge in [-0.25, -0.2) is 13.1 Å². The zero-order valence-corrected chi connectivity index (χ0v) is 13.0. The molecule has 0 amide bonds. The van der Waals surface area contributed by atoms with Crippen LogP contribution in [0.15, 0.2) is 0 Å². The van der Waals surface area contributed by atoms with Crippen LogP contribution >= 0.6 is 0 Å². The third-order valence-electron chi connectivity index (χ3n) is 4.12. The predicted molar refractivity (Wildman–Crippen MR) is 78.5 cm³/mol. The molecule has 19 heavy (non-hydrogen) atoms. The van der Waals surface area contributed by atoms with Crippen LogP contribution < -0.4 is 10.0 Å². The minimum atomic E-state index is -3.10. The molecule has 2 N–H and O–H groups in total. The quantitative estimate of drug-likeness (QED) is 0.703. The van der Waals surface area contributed by atoms with Crippen molar-refractivity contribution in [2.24, 2.45) is 11.8 Å². The van der Waals surface area contributed by atoms with Crippen molar-refractivity contribution in [2.45, 2.75) is 64.5 Å². The van der Waals surface area contributed by atoms with Crippen LogP contribution in [0.2, 0.25) is 0 Å². The van der Waals surface area contributed by atoms with Crippen LogP contribution in [-0.2, 0) is 10.0 Å². The van der Waals surface area contributed by atoms with Crippen molar-refractivity contribution in [1.29, 1.82) is 0 Å². The molecule has 112 valence electrons. The average Bonchev–Trinajstić information content (AvgIpc) is 3.06. The summed E-state index contributed by atoms with van der Waals surface area (Å²) in [5.41, 5.74) is 0. The largest absolute Gasteiger partial charge is 0.314 e. The Morgan fingerprint density at radius 3 is 2.21 bits per heavy atom. The van der Waals surface area contributed by atoms with Crippen LogP contribution in [0.3, 0.4) is 0 Å². The summed E-state index contributed by atoms with van der Waals surface area (Å²) < 4.78 is 27.0. The second kappa shape index (κ2) is 6.55. The van der Waals surface area contributed by atoms with Crippen molar-refractivity contribution >= 4 is 10.0 Å². The van der Waals surface area contributed by atoms with E-state index >= 15 is 0 Å². The molecule has 0 aromatic heterocycles. The summed E-state index contributed by atoms with van der Waals surface area (Å²) in [5, 5.41) is 3.35. The maximum Gasteiger partial charge on any atom is 0.211 e. The number of hydrogen-bond donors (Lipinski definition) is 2. The first-order chi connectivity index (χ1) is 8.94. The summed E-state index contributed by atoms with van der Waals surface area (Å²) in [6.45, 7) is 5.26. The molecule has 2 fully saturated rings. The minimum absolute atomic E-state index is 0.153. The second-order valence-electron chi connectivity index (χ2n) is 6.63. The lowest BCUT2D eigenvalue weighted by Crippen LogP contribution is -2.41. The van der Waals surface area contributed by atoms with Crippen LogP contribution in [0.1, 0.15) is 52.4 Å². The first kappa shape index (κ1) is 15.3. The van der Waals surface area contributed by atoms with Crippen LogP contribution in [0.5, 0.6) is 0 Å². The molecule has 0 spiro atoms. The highest BCUT2D eigenvalue weighted by Gasteiger charge is 2.27. The van der Waals surface area contributed by atoms with Crippen molar-refractivity contribution in [3.8, 4) is 0 Å². The summed E-state index contributed by atoms with van der Waals surface area (Å²) in [6.07, 6.45) is 6.42. The Hall–Kier alpha value is -0.130. The summed E-state index contributed by atoms with van der Waals surface area (Å²) in [7, 11) is -3.10. The number of nitrogens with one attached hydrogen (secondary N) is 2. The fraction of sp³-hybridized carbons (Fsp3) is 1.00. The van der Waals surface area contributed by atoms with Crippen molar-refractivity contribution in [3.63, 3.8) is 0 Å². The molecule has 2 saturated carbocycles. The Balaban J connectivity index is 1.69. The summed E-state index contributed by atoms with van der Waals surface area (Å²) in [6, 6.07) is 0.816. The van der Waals surface area contributed by atoms with Gasteiger partial charge in [-0.2, -0.15) is 0 Å². The van der Waals surface area contributed by atoms with Gasteiger partial charge >= 0.3 is 0 Å². The molecule has 0 radical (unpaired) electrons. The van der Waals surface area contributed by atoms with Gasteiger partial charge in [-0.1, -0.05) is 13.8 Å². The monoisotopic (exact) mass is 288 g/mol. The lowest BCUT2D eigenvalue weighted by molar-refractivity contribution is 0.257. The molecule has 0 bridgehead atoms. The van der Waals surface area contributed by atoms with E-state index in [1.165, 1.54) is 19.3 Å². The number of rotatable bonds is 7. The third kappa shape index (κ3) is 5.79. The van der Waals surface area contributed by atoms with Crippen LogP contribution in [-0.4, -0.2) is 32.8 Å². The fourth-order valence-electron chi connectivity index (χ4n) is 3.21. The van der Waals surface area contributed by atoms with Gasteiger partial charge in [-0.3, -0.25) is 0 Å². The summed E-state index contributed by atoms with van der Waals surface area (Å²) >= 11 is 0. The molecule has 2 aliphatic rings. The highest BCUT2D eigenvalue weighted by Crippen LogP contribution is 2.28. The van der Waals surface area contributed by atoms with Gasteiger partial charge in [0.1, 0.15) is 0 Å². The molecule has 5 heteroatoms. The molecular weight excluding hydrogens is 260 g/mol. The van der Waals surface area contributed by atoms with Crippen LogP contribution in [0, 0.1) is 11.8 Å². The maximum atomic E-state index is 12.0. The molecule has 0 aliphatic heterocycles. The first-order valence-electron chi connectivity index (χ1n) is 7.68. The molecule has 4 nitrogen and oxygen atoms in total. The van der Waals surface area contributed by atoms with E-state index in [1.807, 2.05) is 0 Å². The molecule has 2 aliphatic carbocycles. The van der Waals surface area contributed by atoms with Crippen LogP contribution in [0.4, 0.5) is 0 Å². The third-order valence-corrected chi connectivity index (χ3v) is 5.64. The van der Waals surface area contributed by atoms with Crippen molar-refractivity contribution < 1.29 is 8.42 Å². The Labute approximate surface area is 117 Å². The topological polar surface area (TPSA) is 58.2 Å². The van der Waals surface area contributed by atoms with E-state index in [0.717, 1.165) is 19.4 Å². The van der Waals surface area contributed by atoms with Crippen LogP contribution in [0.25, 0.3) is 0 Å². The van der Waals surface area contributed by atoms with Gasteiger partial charge in [-0.05, 0) is 56.9 Å². The van der Waals surface area contributed by atoms with E-state index in [-0.39, 0.29) is 11.8 Å². The van der Waals surface area contributed by atoms with E-state index < -0.39 is 10.0 Å². The SMILES string of the molecule is CC1CC(C)CC(NS(=O)(=O)CCCNC2CC2)C1. The Morgan fingerprint density at radius 2 is 1.63 bits per heavy atom. The smallest absolute Gasteiger partial charge is 0.211 e. The summed E-state index contributed by atoms with van der Waals surface area (Å²) in [5.74, 6) is 1.52. The number of hydrogen-bond acceptors (Lipinski definition) is 3. The van der Waals surface area contributed by atoms with E-state index in [9.17, 15) is 8.42 Å². The normalized spacial score (nSPS) is 32.4. The minimum Gasteiger partial charge on any atom is -0.314 e. The van der Waals surface area contributed by atoms with Crippen molar-refractivity contribution in [3.05, 3.63) is 0 Å². The number of sulfonamides is 1. The standard InChI is InChI=1S/C14H28N2O2S/c1-11-8-12(2)10-14(9-11)16-19(17,18)7-3-6-15-13-4-5-13/h11-16H,3-10H2,1-2H3. The van der Waals surface area contributed by atoms with Crippen molar-refractivity contribution in [2.75, 3.05) is 12.3 Å². The maximum absolute atomic E-state index is 12.0. The lowest BCUT2D eigenvalue weighted by Gasteiger charge is -2.31. The zero-order valence-electron chi connectivity index (χ0n) is 12.2. The van der Waals surface area contributed by atoms with Gasteiger partial charge in [0, 0.05) is 12.1 Å². The summed E-state index contributed by atoms with van der Waals surface area (Å²) in [4.78, 5) is 0. The van der Waals surface area contributed by atoms with Gasteiger partial charge in [-0.15, -0.1) is 0 Å². The van der Waals surface area contributed by atoms with E-state index in [2.05, 4.69) is 23.9 Å². The predicted octanol–water partition coefficient (Wildman–Crippen LogP) is 1.87. The second-order valence-corrected chi connectivity index (χ2v) is 8.51. The van der Waals surface area contributed by atoms with Gasteiger partial charge < -0.3 is 5.32 Å². The molecule has 2 rings (SSSR count). The molecule has 0 aromatic carbocycles. The van der Waals surface area contributed by atoms with E-state index in [4.69, 9.17) is 0 Å². The highest BCUT2D eigenvalue weighted by molar-refractivity contribution is 7.89. The Morgan fingerprint density at radius 1 is 1.00 bits per heavy atom. The Kier molecular flexibility index (Phi) is 5.26. The van der Waals surface area contributed by atoms with Gasteiger partial charge in [0.2, 0.25) is 10.0 Å². The molecule has 0 saturated heterocycles. The van der Waals surface area contributed by atoms with Gasteiger partial charge in [0.05, 0.1) is 5.75 Å². The van der Waals surface area contributed by atoms with E-state index in [1.54, 1.807) is 0 Å². The molecular formula is C14H28N2O2S. The zero-order chi connectivity index (χ0) is 13.9. The molecule has 2 atom stereocenters. The molecule has 0 heterocycles. The average molecular weight is 288 g/mol. The molecule has 2 unspecified atom stereocenters. The molecule has 0 aromatic rings. The van der Waals surface area contributed by atoms with Gasteiger partial charge in [0.25, 0.3) is 0 Å². The highest BCUT2D eigenvalue weighted by atomic mass is 32.2. The first-order valence-corrected chi connectivity index (χ1v) is 9.33. The lowest BCUT2D eigenvalue weighted by atomic mass is 9.81. The Bertz CT molecular complexity index is 369. The van der Waals surface area contributed by atoms with Crippen molar-refractivity contribution in [1.82, 2.24) is 10.0 Å². The van der Waals surface area contributed by atoms with E-state index in [0.29, 0.717) is 24.3 Å². The fourth-order valence-corrected chi connectivity index (χ4v) is 4.55. The van der Waals surface area contributed by atoms with Gasteiger partial charge in [0.15, 0.2) is 0 Å².